The highest BCUT2D eigenvalue weighted by Gasteiger charge is 2.54. The van der Waals surface area contributed by atoms with Crippen molar-refractivity contribution >= 4 is 61.5 Å². The van der Waals surface area contributed by atoms with Gasteiger partial charge in [0.2, 0.25) is 11.8 Å². The second kappa shape index (κ2) is 18.4. The molecule has 5 atom stereocenters. The molecule has 0 bridgehead atoms. The highest BCUT2D eigenvalue weighted by molar-refractivity contribution is 7.28. The molecule has 1 saturated heterocycles. The third kappa shape index (κ3) is 11.3. The number of methoxy groups -OCH3 is 1. The molecule has 2 aliphatic rings. The smallest absolute Gasteiger partial charge is 0.229 e. The maximum absolute atomic E-state index is 15.1. The number of ether oxygens (including phenoxy) is 1. The molecule has 0 radical (unpaired) electrons. The van der Waals surface area contributed by atoms with Crippen molar-refractivity contribution in [1.82, 2.24) is 4.90 Å². The number of aryl methyl sites for hydroxylation is 1. The van der Waals surface area contributed by atoms with Crippen molar-refractivity contribution in [2.45, 2.75) is 92.2 Å². The summed E-state index contributed by atoms with van der Waals surface area (Å²) in [4.78, 5) is 39.9. The van der Waals surface area contributed by atoms with Crippen molar-refractivity contribution in [3.8, 4) is 18.6 Å². The Labute approximate surface area is 317 Å². The average Bonchev–Trinajstić information content (AvgIpc) is 3.91. The Hall–Kier alpha value is -3.36. The van der Waals surface area contributed by atoms with Gasteiger partial charge in [0.1, 0.15) is 12.0 Å². The Morgan fingerprint density at radius 2 is 1.78 bits per heavy atom. The minimum Gasteiger partial charge on any atom is -0.496 e. The fraction of sp³-hybridized carbons (Fsp3) is 0.452. The van der Waals surface area contributed by atoms with E-state index in [2.05, 4.69) is 71.3 Å². The molecule has 0 spiro atoms. The lowest BCUT2D eigenvalue weighted by atomic mass is 9.66. The standard InChI is InChI=1S/C38H47Cl2N2O3P.C2H4O.C2H2/c1-23-10-14-29(19-32(23)45-6)41-34(43)22-38(5)20-27(16-24-8-7-9-28(39)17-24)35(26-13-15-30(40)33(46)18-26)42(36(38)44)31(25-11-12-25)21-37(2,3)4;1-2-3;1-2/h7-10,13-15,17-19,25,27,31,35H,11-12,16,20-22,46H2,1-6H3,(H,41,43);2H,1H3;1-2H/t27-,31+,35?,38+;;/m0../s1. The van der Waals surface area contributed by atoms with Gasteiger partial charge in [-0.1, -0.05) is 75.2 Å². The zero-order chi connectivity index (χ0) is 38.1. The van der Waals surface area contributed by atoms with Gasteiger partial charge in [-0.05, 0) is 116 Å². The van der Waals surface area contributed by atoms with Crippen LogP contribution in [0.4, 0.5) is 5.69 Å². The van der Waals surface area contributed by atoms with Gasteiger partial charge >= 0.3 is 0 Å². The zero-order valence-corrected chi connectivity index (χ0v) is 33.6. The van der Waals surface area contributed by atoms with Crippen LogP contribution in [0.1, 0.15) is 89.5 Å². The minimum atomic E-state index is -0.903. The number of carbonyl (C=O) groups is 3. The Morgan fingerprint density at radius 1 is 1.12 bits per heavy atom. The predicted octanol–water partition coefficient (Wildman–Crippen LogP) is 9.65. The van der Waals surface area contributed by atoms with Crippen LogP contribution < -0.4 is 15.4 Å². The number of likely N-dealkylation sites (tertiary alicyclic amines) is 1. The molecule has 1 N–H and O–H groups in total. The van der Waals surface area contributed by atoms with Crippen molar-refractivity contribution in [3.63, 3.8) is 0 Å². The number of piperidine rings is 1. The number of hydrogen-bond acceptors (Lipinski definition) is 4. The lowest BCUT2D eigenvalue weighted by Gasteiger charge is -2.53. The van der Waals surface area contributed by atoms with E-state index in [9.17, 15) is 4.79 Å². The van der Waals surface area contributed by atoms with E-state index in [-0.39, 0.29) is 41.7 Å². The Kier molecular flexibility index (Phi) is 15.2. The summed E-state index contributed by atoms with van der Waals surface area (Å²) < 4.78 is 5.48. The number of anilines is 1. The molecule has 1 aliphatic carbocycles. The third-order valence-corrected chi connectivity index (χ3v) is 10.8. The molecule has 1 aliphatic heterocycles. The van der Waals surface area contributed by atoms with E-state index in [0.717, 1.165) is 54.0 Å². The summed E-state index contributed by atoms with van der Waals surface area (Å²) in [6.45, 7) is 12.2. The Balaban J connectivity index is 0.00000133. The maximum atomic E-state index is 15.1. The number of hydrogen-bond donors (Lipinski definition) is 1. The number of terminal acetylenes is 1. The first-order chi connectivity index (χ1) is 24.1. The molecule has 2 amide bonds. The summed E-state index contributed by atoms with van der Waals surface area (Å²) in [5, 5.41) is 5.34. The predicted molar refractivity (Wildman–Crippen MR) is 215 cm³/mol. The topological polar surface area (TPSA) is 75.7 Å². The highest BCUT2D eigenvalue weighted by atomic mass is 35.5. The number of amides is 2. The first-order valence-electron chi connectivity index (χ1n) is 17.4. The van der Waals surface area contributed by atoms with Gasteiger partial charge in [-0.25, -0.2) is 0 Å². The van der Waals surface area contributed by atoms with Gasteiger partial charge in [-0.15, -0.1) is 22.1 Å². The fourth-order valence-electron chi connectivity index (χ4n) is 7.33. The quantitative estimate of drug-likeness (QED) is 0.127. The van der Waals surface area contributed by atoms with Crippen molar-refractivity contribution < 1.29 is 19.1 Å². The second-order valence-electron chi connectivity index (χ2n) is 15.1. The normalized spacial score (nSPS) is 20.5. The number of benzene rings is 3. The lowest BCUT2D eigenvalue weighted by Crippen LogP contribution is -2.58. The van der Waals surface area contributed by atoms with Crippen LogP contribution in [-0.2, 0) is 20.8 Å². The monoisotopic (exact) mass is 750 g/mol. The molecule has 6 nitrogen and oxygen atoms in total. The summed E-state index contributed by atoms with van der Waals surface area (Å²) in [7, 11) is 4.37. The van der Waals surface area contributed by atoms with E-state index in [0.29, 0.717) is 33.8 Å². The van der Waals surface area contributed by atoms with Crippen molar-refractivity contribution in [3.05, 3.63) is 87.4 Å². The van der Waals surface area contributed by atoms with Crippen LogP contribution in [0.25, 0.3) is 0 Å². The van der Waals surface area contributed by atoms with Gasteiger partial charge in [0.05, 0.1) is 18.6 Å². The summed E-state index contributed by atoms with van der Waals surface area (Å²) in [5.74, 6) is 1.06. The Morgan fingerprint density at radius 3 is 2.35 bits per heavy atom. The number of carbonyl (C=O) groups excluding carboxylic acids is 3. The third-order valence-electron chi connectivity index (χ3n) is 9.55. The molecular weight excluding hydrogens is 698 g/mol. The van der Waals surface area contributed by atoms with Crippen molar-refractivity contribution in [2.24, 2.45) is 22.7 Å². The SMILES string of the molecule is C#C.CC=O.COc1cc(NC(=O)C[C@@]2(C)C[C@H](Cc3cccc(Cl)c3)C(c3ccc(Cl)c(P)c3)N([C@H](CC(C)(C)C)C3CC3)C2=O)ccc1C. The summed E-state index contributed by atoms with van der Waals surface area (Å²) >= 11 is 13.0. The van der Waals surface area contributed by atoms with Crippen LogP contribution in [0.2, 0.25) is 10.0 Å². The summed E-state index contributed by atoms with van der Waals surface area (Å²) in [6.07, 6.45) is 13.2. The number of rotatable bonds is 10. The van der Waals surface area contributed by atoms with Gasteiger partial charge in [-0.2, -0.15) is 0 Å². The van der Waals surface area contributed by atoms with E-state index in [1.165, 1.54) is 6.92 Å². The van der Waals surface area contributed by atoms with Crippen LogP contribution >= 0.6 is 32.4 Å². The van der Waals surface area contributed by atoms with Gasteiger partial charge in [0.25, 0.3) is 0 Å². The maximum Gasteiger partial charge on any atom is 0.229 e. The molecule has 2 fully saturated rings. The molecule has 3 aromatic rings. The van der Waals surface area contributed by atoms with Crippen LogP contribution in [0.5, 0.6) is 5.75 Å². The largest absolute Gasteiger partial charge is 0.496 e. The van der Waals surface area contributed by atoms with Crippen LogP contribution in [-0.4, -0.2) is 36.2 Å². The molecule has 3 aromatic carbocycles. The summed E-state index contributed by atoms with van der Waals surface area (Å²) in [5.41, 5.74) is 2.95. The molecule has 1 heterocycles. The molecule has 0 aromatic heterocycles. The number of halogens is 2. The molecule has 2 unspecified atom stereocenters. The van der Waals surface area contributed by atoms with Crippen LogP contribution in [0, 0.1) is 42.4 Å². The number of aldehydes is 1. The number of nitrogens with one attached hydrogen (secondary N) is 1. The first-order valence-corrected chi connectivity index (χ1v) is 18.7. The molecule has 1 saturated carbocycles. The van der Waals surface area contributed by atoms with E-state index >= 15 is 4.79 Å². The summed E-state index contributed by atoms with van der Waals surface area (Å²) in [6, 6.07) is 19.6. The second-order valence-corrected chi connectivity index (χ2v) is 16.6. The van der Waals surface area contributed by atoms with Gasteiger partial charge in [0.15, 0.2) is 0 Å². The van der Waals surface area contributed by atoms with Crippen LogP contribution in [0.3, 0.4) is 0 Å². The molecule has 274 valence electrons. The zero-order valence-electron chi connectivity index (χ0n) is 31.0. The Bertz CT molecular complexity index is 1700. The van der Waals surface area contributed by atoms with E-state index in [1.807, 2.05) is 56.3 Å². The van der Waals surface area contributed by atoms with E-state index in [4.69, 9.17) is 32.7 Å². The van der Waals surface area contributed by atoms with E-state index in [1.54, 1.807) is 7.11 Å². The molecule has 5 rings (SSSR count). The average molecular weight is 752 g/mol. The van der Waals surface area contributed by atoms with Crippen molar-refractivity contribution in [1.29, 1.82) is 0 Å². The molecule has 51 heavy (non-hydrogen) atoms. The van der Waals surface area contributed by atoms with Gasteiger partial charge in [0, 0.05) is 34.3 Å². The minimum absolute atomic E-state index is 0.0159. The first kappa shape index (κ1) is 42.1. The highest BCUT2D eigenvalue weighted by Crippen LogP contribution is 2.53. The lowest BCUT2D eigenvalue weighted by molar-refractivity contribution is -0.161. The van der Waals surface area contributed by atoms with E-state index < -0.39 is 5.41 Å². The van der Waals surface area contributed by atoms with Gasteiger partial charge < -0.3 is 19.7 Å². The van der Waals surface area contributed by atoms with Crippen molar-refractivity contribution in [2.75, 3.05) is 12.4 Å². The van der Waals surface area contributed by atoms with Crippen LogP contribution in [0.15, 0.2) is 60.7 Å². The number of nitrogens with zero attached hydrogens (tertiary/aromatic N) is 1. The van der Waals surface area contributed by atoms with Gasteiger partial charge in [-0.3, -0.25) is 9.59 Å². The molecular formula is C42H53Cl2N2O4P. The fourth-order valence-corrected chi connectivity index (χ4v) is 7.95. The molecule has 9 heteroatoms.